The second-order valence-electron chi connectivity index (χ2n) is 10.2. The topological polar surface area (TPSA) is 117 Å². The van der Waals surface area contributed by atoms with Crippen molar-refractivity contribution in [2.75, 3.05) is 32.8 Å². The first-order valence-corrected chi connectivity index (χ1v) is 15.1. The fraction of sp³-hybridized carbons (Fsp3) is 0.235. The van der Waals surface area contributed by atoms with E-state index in [1.807, 2.05) is 37.3 Å². The molecule has 45 heavy (non-hydrogen) atoms. The summed E-state index contributed by atoms with van der Waals surface area (Å²) < 4.78 is 23.9. The highest BCUT2D eigenvalue weighted by Gasteiger charge is 2.33. The number of fused-ring (bicyclic) bond motifs is 1. The lowest BCUT2D eigenvalue weighted by molar-refractivity contribution is -0.139. The molecule has 1 aliphatic heterocycles. The van der Waals surface area contributed by atoms with E-state index in [-0.39, 0.29) is 24.7 Å². The molecule has 1 atom stereocenters. The zero-order chi connectivity index (χ0) is 32.1. The molecule has 0 bridgehead atoms. The van der Waals surface area contributed by atoms with E-state index in [0.717, 1.165) is 11.1 Å². The van der Waals surface area contributed by atoms with E-state index in [1.165, 1.54) is 25.6 Å². The van der Waals surface area contributed by atoms with Crippen molar-refractivity contribution in [3.63, 3.8) is 0 Å². The number of hydrogen-bond acceptors (Lipinski definition) is 9. The number of allylic oxidation sites excluding steroid dienone is 1. The normalized spacial score (nSPS) is 14.3. The van der Waals surface area contributed by atoms with E-state index in [4.69, 9.17) is 18.9 Å². The van der Waals surface area contributed by atoms with Gasteiger partial charge in [0, 0.05) is 0 Å². The van der Waals surface area contributed by atoms with E-state index in [9.17, 15) is 14.4 Å². The molecule has 0 spiro atoms. The van der Waals surface area contributed by atoms with Gasteiger partial charge in [-0.05, 0) is 62.2 Å². The van der Waals surface area contributed by atoms with Crippen molar-refractivity contribution in [3.05, 3.63) is 114 Å². The van der Waals surface area contributed by atoms with Gasteiger partial charge in [-0.3, -0.25) is 14.2 Å². The minimum absolute atomic E-state index is 0.203. The molecular weight excluding hydrogens is 594 g/mol. The van der Waals surface area contributed by atoms with E-state index in [0.29, 0.717) is 49.1 Å². The number of carbonyl (C=O) groups is 2. The SMILES string of the molecule is CCOC(=O)C1=C(C)N=c2s/c(=C/c3ccc(OCC(=O)Nc4ccccc4OC)c(OC)c3)c(=O)n2[C@@H]1c1ccc(C)cc1. The highest BCUT2D eigenvalue weighted by molar-refractivity contribution is 7.07. The van der Waals surface area contributed by atoms with Gasteiger partial charge in [-0.2, -0.15) is 0 Å². The number of nitrogens with zero attached hydrogens (tertiary/aromatic N) is 2. The average molecular weight is 628 g/mol. The van der Waals surface area contributed by atoms with E-state index >= 15 is 0 Å². The first-order chi connectivity index (χ1) is 21.7. The number of anilines is 1. The van der Waals surface area contributed by atoms with Crippen LogP contribution in [0.1, 0.15) is 36.6 Å². The summed E-state index contributed by atoms with van der Waals surface area (Å²) in [5.74, 6) is 0.415. The number of rotatable bonds is 10. The summed E-state index contributed by atoms with van der Waals surface area (Å²) in [6.45, 7) is 5.42. The number of para-hydroxylation sites is 2. The van der Waals surface area contributed by atoms with Gasteiger partial charge < -0.3 is 24.3 Å². The number of carbonyl (C=O) groups excluding carboxylic acids is 2. The molecule has 0 unspecified atom stereocenters. The molecule has 3 aromatic carbocycles. The predicted molar refractivity (Wildman–Crippen MR) is 172 cm³/mol. The number of methoxy groups -OCH3 is 2. The van der Waals surface area contributed by atoms with Crippen LogP contribution in [0.2, 0.25) is 0 Å². The van der Waals surface area contributed by atoms with Crippen molar-refractivity contribution in [1.82, 2.24) is 4.57 Å². The van der Waals surface area contributed by atoms with Gasteiger partial charge in [-0.1, -0.05) is 59.4 Å². The molecule has 4 aromatic rings. The molecule has 1 aliphatic rings. The molecular formula is C34H33N3O7S. The lowest BCUT2D eigenvalue weighted by Crippen LogP contribution is -2.39. The zero-order valence-electron chi connectivity index (χ0n) is 25.6. The Kier molecular flexibility index (Phi) is 9.48. The average Bonchev–Trinajstić information content (AvgIpc) is 3.34. The minimum Gasteiger partial charge on any atom is -0.495 e. The first-order valence-electron chi connectivity index (χ1n) is 14.2. The number of esters is 1. The molecule has 2 heterocycles. The maximum Gasteiger partial charge on any atom is 0.338 e. The predicted octanol–water partition coefficient (Wildman–Crippen LogP) is 4.14. The third-order valence-corrected chi connectivity index (χ3v) is 8.12. The Morgan fingerprint density at radius 2 is 1.71 bits per heavy atom. The summed E-state index contributed by atoms with van der Waals surface area (Å²) in [6.07, 6.45) is 1.74. The largest absolute Gasteiger partial charge is 0.495 e. The number of aromatic nitrogens is 1. The van der Waals surface area contributed by atoms with Crippen molar-refractivity contribution in [1.29, 1.82) is 0 Å². The summed E-state index contributed by atoms with van der Waals surface area (Å²) in [6, 6.07) is 19.3. The molecule has 0 saturated carbocycles. The van der Waals surface area contributed by atoms with Crippen LogP contribution in [0, 0.1) is 6.92 Å². The minimum atomic E-state index is -0.685. The molecule has 5 rings (SSSR count). The van der Waals surface area contributed by atoms with Crippen LogP contribution in [0.4, 0.5) is 5.69 Å². The molecule has 0 fully saturated rings. The van der Waals surface area contributed by atoms with Gasteiger partial charge in [0.2, 0.25) is 0 Å². The maximum absolute atomic E-state index is 13.9. The molecule has 1 amide bonds. The molecule has 232 valence electrons. The molecule has 0 saturated heterocycles. The number of aryl methyl sites for hydroxylation is 1. The Labute approximate surface area is 263 Å². The smallest absolute Gasteiger partial charge is 0.338 e. The summed E-state index contributed by atoms with van der Waals surface area (Å²) in [7, 11) is 3.02. The third-order valence-electron chi connectivity index (χ3n) is 7.14. The van der Waals surface area contributed by atoms with Crippen LogP contribution in [-0.4, -0.2) is 43.9 Å². The number of ether oxygens (including phenoxy) is 4. The Morgan fingerprint density at radius 3 is 2.42 bits per heavy atom. The fourth-order valence-corrected chi connectivity index (χ4v) is 6.02. The van der Waals surface area contributed by atoms with Crippen LogP contribution in [0.3, 0.4) is 0 Å². The maximum atomic E-state index is 13.9. The highest BCUT2D eigenvalue weighted by atomic mass is 32.1. The Morgan fingerprint density at radius 1 is 0.978 bits per heavy atom. The van der Waals surface area contributed by atoms with Crippen LogP contribution in [0.5, 0.6) is 17.2 Å². The van der Waals surface area contributed by atoms with Crippen LogP contribution >= 0.6 is 11.3 Å². The lowest BCUT2D eigenvalue weighted by atomic mass is 9.95. The van der Waals surface area contributed by atoms with Crippen molar-refractivity contribution in [2.24, 2.45) is 4.99 Å². The molecule has 11 heteroatoms. The summed E-state index contributed by atoms with van der Waals surface area (Å²) in [5, 5.41) is 2.77. The number of benzene rings is 3. The van der Waals surface area contributed by atoms with Crippen LogP contribution in [0.15, 0.2) is 87.8 Å². The highest BCUT2D eigenvalue weighted by Crippen LogP contribution is 2.31. The number of nitrogens with one attached hydrogen (secondary N) is 1. The van der Waals surface area contributed by atoms with E-state index in [1.54, 1.807) is 60.9 Å². The van der Waals surface area contributed by atoms with Gasteiger partial charge >= 0.3 is 5.97 Å². The van der Waals surface area contributed by atoms with Gasteiger partial charge in [0.05, 0.1) is 48.4 Å². The van der Waals surface area contributed by atoms with Crippen molar-refractivity contribution in [3.8, 4) is 17.2 Å². The van der Waals surface area contributed by atoms with Gasteiger partial charge in [-0.25, -0.2) is 9.79 Å². The molecule has 0 radical (unpaired) electrons. The second-order valence-corrected chi connectivity index (χ2v) is 11.2. The monoisotopic (exact) mass is 627 g/mol. The number of thiazole rings is 1. The van der Waals surface area contributed by atoms with Gasteiger partial charge in [0.15, 0.2) is 22.9 Å². The Hall–Kier alpha value is -5.16. The third kappa shape index (κ3) is 6.68. The Balaban J connectivity index is 1.45. The van der Waals surface area contributed by atoms with Crippen LogP contribution < -0.4 is 34.4 Å². The summed E-state index contributed by atoms with van der Waals surface area (Å²) in [5.41, 5.74) is 3.60. The van der Waals surface area contributed by atoms with E-state index < -0.39 is 12.0 Å². The summed E-state index contributed by atoms with van der Waals surface area (Å²) in [4.78, 5) is 44.6. The van der Waals surface area contributed by atoms with Gasteiger partial charge in [0.25, 0.3) is 11.5 Å². The zero-order valence-corrected chi connectivity index (χ0v) is 26.4. The Bertz CT molecular complexity index is 1960. The molecule has 1 aromatic heterocycles. The van der Waals surface area contributed by atoms with Crippen molar-refractivity contribution >= 4 is 35.0 Å². The van der Waals surface area contributed by atoms with E-state index in [2.05, 4.69) is 10.3 Å². The number of amides is 1. The molecule has 0 aliphatic carbocycles. The number of hydrogen-bond donors (Lipinski definition) is 1. The quantitative estimate of drug-likeness (QED) is 0.263. The molecule has 10 nitrogen and oxygen atoms in total. The van der Waals surface area contributed by atoms with Crippen molar-refractivity contribution < 1.29 is 28.5 Å². The fourth-order valence-electron chi connectivity index (χ4n) is 4.98. The van der Waals surface area contributed by atoms with Crippen LogP contribution in [0.25, 0.3) is 6.08 Å². The van der Waals surface area contributed by atoms with Crippen molar-refractivity contribution in [2.45, 2.75) is 26.8 Å². The first kappa shape index (κ1) is 31.3. The van der Waals surface area contributed by atoms with Gasteiger partial charge in [-0.15, -0.1) is 0 Å². The lowest BCUT2D eigenvalue weighted by Gasteiger charge is -2.24. The van der Waals surface area contributed by atoms with Crippen LogP contribution in [-0.2, 0) is 14.3 Å². The standard InChI is InChI=1S/C34H33N3O7S/c1-6-43-33(40)30-21(3)35-34-37(31(30)23-14-11-20(2)12-15-23)32(39)28(45-34)18-22-13-16-26(27(17-22)42-5)44-19-29(38)36-24-9-7-8-10-25(24)41-4/h7-18,31H,6,19H2,1-5H3,(H,36,38)/b28-18+/t31-/m1/s1. The molecule has 1 N–H and O–H groups in total. The van der Waals surface area contributed by atoms with Gasteiger partial charge in [0.1, 0.15) is 5.75 Å². The second kappa shape index (κ2) is 13.6. The summed E-state index contributed by atoms with van der Waals surface area (Å²) >= 11 is 1.23.